The molecule has 2 heteroatoms. The first-order valence-electron chi connectivity index (χ1n) is 7.24. The van der Waals surface area contributed by atoms with E-state index >= 15 is 0 Å². The summed E-state index contributed by atoms with van der Waals surface area (Å²) in [7, 11) is 0. The molecule has 0 spiro atoms. The van der Waals surface area contributed by atoms with E-state index < -0.39 is 5.92 Å². The van der Waals surface area contributed by atoms with E-state index in [-0.39, 0.29) is 11.2 Å². The number of nitriles is 1. The van der Waals surface area contributed by atoms with Crippen molar-refractivity contribution >= 4 is 5.78 Å². The van der Waals surface area contributed by atoms with Gasteiger partial charge in [-0.15, -0.1) is 0 Å². The molecule has 3 atom stereocenters. The van der Waals surface area contributed by atoms with Gasteiger partial charge in [-0.05, 0) is 62.2 Å². The molecule has 0 N–H and O–H groups in total. The van der Waals surface area contributed by atoms with Gasteiger partial charge in [0.15, 0.2) is 5.78 Å². The lowest BCUT2D eigenvalue weighted by molar-refractivity contribution is -0.169. The Morgan fingerprint density at radius 3 is 2.17 bits per heavy atom. The fourth-order valence-corrected chi connectivity index (χ4v) is 6.24. The van der Waals surface area contributed by atoms with Crippen LogP contribution in [0.25, 0.3) is 0 Å². The Morgan fingerprint density at radius 1 is 1.17 bits per heavy atom. The Kier molecular flexibility index (Phi) is 2.29. The van der Waals surface area contributed by atoms with Crippen LogP contribution in [0, 0.1) is 39.4 Å². The van der Waals surface area contributed by atoms with Crippen LogP contribution in [0.4, 0.5) is 0 Å². The summed E-state index contributed by atoms with van der Waals surface area (Å²) < 4.78 is 0. The van der Waals surface area contributed by atoms with Crippen molar-refractivity contribution in [3.8, 4) is 6.07 Å². The lowest BCUT2D eigenvalue weighted by atomic mass is 9.39. The average Bonchev–Trinajstić information content (AvgIpc) is 2.22. The number of nitrogens with zero attached hydrogens (tertiary/aromatic N) is 1. The average molecular weight is 245 g/mol. The second-order valence-electron chi connectivity index (χ2n) is 8.13. The maximum absolute atomic E-state index is 12.7. The molecule has 4 aliphatic rings. The topological polar surface area (TPSA) is 40.9 Å². The van der Waals surface area contributed by atoms with Gasteiger partial charge in [-0.3, -0.25) is 4.79 Å². The van der Waals surface area contributed by atoms with Gasteiger partial charge in [0.1, 0.15) is 5.92 Å². The lowest BCUT2D eigenvalue weighted by Gasteiger charge is -2.65. The number of Topliss-reactive ketones (excluding diaryl/α,β-unsaturated/α-hetero) is 1. The molecule has 0 aromatic heterocycles. The highest BCUT2D eigenvalue weighted by atomic mass is 16.1. The lowest BCUT2D eigenvalue weighted by Crippen LogP contribution is -2.58. The van der Waals surface area contributed by atoms with E-state index in [1.165, 1.54) is 19.3 Å². The van der Waals surface area contributed by atoms with Crippen LogP contribution >= 0.6 is 0 Å². The van der Waals surface area contributed by atoms with Crippen molar-refractivity contribution in [3.05, 3.63) is 0 Å². The molecule has 0 heterocycles. The van der Waals surface area contributed by atoms with Crippen LogP contribution in [0.1, 0.15) is 59.3 Å². The molecule has 4 fully saturated rings. The first kappa shape index (κ1) is 12.2. The number of hydrogen-bond donors (Lipinski definition) is 0. The van der Waals surface area contributed by atoms with Gasteiger partial charge in [0.2, 0.25) is 0 Å². The van der Waals surface area contributed by atoms with Crippen LogP contribution in [-0.4, -0.2) is 5.78 Å². The van der Waals surface area contributed by atoms with Crippen LogP contribution in [-0.2, 0) is 4.79 Å². The zero-order chi connectivity index (χ0) is 13.2. The van der Waals surface area contributed by atoms with Crippen LogP contribution < -0.4 is 0 Å². The quantitative estimate of drug-likeness (QED) is 0.744. The Hall–Kier alpha value is -0.840. The third-order valence-corrected chi connectivity index (χ3v) is 5.74. The maximum Gasteiger partial charge on any atom is 0.155 e. The molecule has 4 bridgehead atoms. The fourth-order valence-electron chi connectivity index (χ4n) is 6.24. The highest BCUT2D eigenvalue weighted by molar-refractivity contribution is 5.89. The van der Waals surface area contributed by atoms with Crippen molar-refractivity contribution in [2.24, 2.45) is 28.1 Å². The Morgan fingerprint density at radius 2 is 1.72 bits per heavy atom. The Bertz CT molecular complexity index is 429. The van der Waals surface area contributed by atoms with Gasteiger partial charge < -0.3 is 0 Å². The Balaban J connectivity index is 1.99. The summed E-state index contributed by atoms with van der Waals surface area (Å²) in [6.07, 6.45) is 7.03. The largest absolute Gasteiger partial charge is 0.298 e. The summed E-state index contributed by atoms with van der Waals surface area (Å²) in [6.45, 7) is 6.52. The van der Waals surface area contributed by atoms with E-state index in [1.807, 2.05) is 0 Å². The van der Waals surface area contributed by atoms with E-state index in [1.54, 1.807) is 6.92 Å². The zero-order valence-electron chi connectivity index (χ0n) is 11.8. The van der Waals surface area contributed by atoms with Gasteiger partial charge in [-0.1, -0.05) is 13.8 Å². The van der Waals surface area contributed by atoms with Gasteiger partial charge in [-0.2, -0.15) is 5.26 Å². The summed E-state index contributed by atoms with van der Waals surface area (Å²) in [5.41, 5.74) is 0.566. The van der Waals surface area contributed by atoms with E-state index in [2.05, 4.69) is 19.9 Å². The number of carbonyl (C=O) groups excluding carboxylic acids is 1. The molecule has 0 radical (unpaired) electrons. The van der Waals surface area contributed by atoms with Gasteiger partial charge in [0.25, 0.3) is 0 Å². The number of rotatable bonds is 2. The third-order valence-electron chi connectivity index (χ3n) is 5.74. The minimum Gasteiger partial charge on any atom is -0.298 e. The van der Waals surface area contributed by atoms with Crippen LogP contribution in [0.3, 0.4) is 0 Å². The van der Waals surface area contributed by atoms with Gasteiger partial charge in [0.05, 0.1) is 6.07 Å². The van der Waals surface area contributed by atoms with Crippen molar-refractivity contribution in [2.75, 3.05) is 0 Å². The van der Waals surface area contributed by atoms with E-state index in [4.69, 9.17) is 5.26 Å². The summed E-state index contributed by atoms with van der Waals surface area (Å²) >= 11 is 0. The van der Waals surface area contributed by atoms with Crippen molar-refractivity contribution in [3.63, 3.8) is 0 Å². The second-order valence-corrected chi connectivity index (χ2v) is 8.13. The molecule has 4 saturated carbocycles. The zero-order valence-corrected chi connectivity index (χ0v) is 11.8. The van der Waals surface area contributed by atoms with Gasteiger partial charge in [0, 0.05) is 5.41 Å². The van der Waals surface area contributed by atoms with E-state index in [0.29, 0.717) is 10.8 Å². The van der Waals surface area contributed by atoms with Crippen LogP contribution in [0.5, 0.6) is 0 Å². The smallest absolute Gasteiger partial charge is 0.155 e. The molecule has 18 heavy (non-hydrogen) atoms. The molecule has 0 aromatic rings. The summed E-state index contributed by atoms with van der Waals surface area (Å²) in [5.74, 6) is 0.547. The molecule has 0 saturated heterocycles. The summed E-state index contributed by atoms with van der Waals surface area (Å²) in [4.78, 5) is 12.7. The number of carbonyl (C=O) groups is 1. The first-order chi connectivity index (χ1) is 8.30. The number of ketones is 1. The summed E-state index contributed by atoms with van der Waals surface area (Å²) in [5, 5.41) is 9.06. The molecule has 0 amide bonds. The SMILES string of the molecule is CC(C#N)C(=O)C12CC3CC(C)(CC(C)(C3)C1)C2. The van der Waals surface area contributed by atoms with E-state index in [0.717, 1.165) is 25.2 Å². The Labute approximate surface area is 110 Å². The van der Waals surface area contributed by atoms with Crippen molar-refractivity contribution in [1.29, 1.82) is 5.26 Å². The predicted octanol–water partition coefficient (Wildman–Crippen LogP) is 3.71. The third kappa shape index (κ3) is 1.56. The molecular weight excluding hydrogens is 222 g/mol. The highest BCUT2D eigenvalue weighted by Gasteiger charge is 2.62. The monoisotopic (exact) mass is 245 g/mol. The van der Waals surface area contributed by atoms with Crippen molar-refractivity contribution in [1.82, 2.24) is 0 Å². The molecule has 4 aliphatic carbocycles. The van der Waals surface area contributed by atoms with Crippen LogP contribution in [0.2, 0.25) is 0 Å². The molecule has 98 valence electrons. The molecule has 2 nitrogen and oxygen atoms in total. The summed E-state index contributed by atoms with van der Waals surface area (Å²) in [6, 6.07) is 2.17. The molecule has 4 rings (SSSR count). The van der Waals surface area contributed by atoms with Crippen molar-refractivity contribution in [2.45, 2.75) is 59.3 Å². The second kappa shape index (κ2) is 3.38. The molecule has 0 aliphatic heterocycles. The van der Waals surface area contributed by atoms with Gasteiger partial charge >= 0.3 is 0 Å². The van der Waals surface area contributed by atoms with Crippen LogP contribution in [0.15, 0.2) is 0 Å². The first-order valence-corrected chi connectivity index (χ1v) is 7.24. The van der Waals surface area contributed by atoms with E-state index in [9.17, 15) is 4.79 Å². The minimum absolute atomic E-state index is 0.155. The maximum atomic E-state index is 12.7. The fraction of sp³-hybridized carbons (Fsp3) is 0.875. The molecular formula is C16H23NO. The number of hydrogen-bond acceptors (Lipinski definition) is 2. The minimum atomic E-state index is -0.423. The van der Waals surface area contributed by atoms with Gasteiger partial charge in [-0.25, -0.2) is 0 Å². The molecule has 3 unspecified atom stereocenters. The van der Waals surface area contributed by atoms with Crippen molar-refractivity contribution < 1.29 is 4.79 Å². The highest BCUT2D eigenvalue weighted by Crippen LogP contribution is 2.70. The molecule has 0 aromatic carbocycles. The predicted molar refractivity (Wildman–Crippen MR) is 69.6 cm³/mol. The normalized spacial score (nSPS) is 50.9. The standard InChI is InChI=1S/C16H23NO/c1-11(7-17)13(18)16-6-12-4-14(2,9-16)8-15(3,5-12)10-16/h11-12H,4-6,8-10H2,1-3H3.